The van der Waals surface area contributed by atoms with Crippen molar-refractivity contribution >= 4 is 0 Å². The standard InChI is InChI=1S/C17H28N2O/c1-3-7-19-8-6-14(12-19)10-18-11-15-4-5-17(20-15)16-9-13(16)2/h4-5,13-14,16,18H,3,6-12H2,1-2H3. The van der Waals surface area contributed by atoms with E-state index >= 15 is 0 Å². The van der Waals surface area contributed by atoms with Crippen molar-refractivity contribution in [1.82, 2.24) is 10.2 Å². The molecule has 3 unspecified atom stereocenters. The number of nitrogens with one attached hydrogen (secondary N) is 1. The van der Waals surface area contributed by atoms with Gasteiger partial charge in [0.05, 0.1) is 6.54 Å². The molecule has 1 saturated heterocycles. The van der Waals surface area contributed by atoms with E-state index in [2.05, 4.69) is 36.2 Å². The van der Waals surface area contributed by atoms with E-state index in [4.69, 9.17) is 4.42 Å². The highest BCUT2D eigenvalue weighted by Gasteiger charge is 2.36. The normalized spacial score (nSPS) is 30.0. The molecular weight excluding hydrogens is 248 g/mol. The maximum Gasteiger partial charge on any atom is 0.117 e. The van der Waals surface area contributed by atoms with Gasteiger partial charge >= 0.3 is 0 Å². The number of likely N-dealkylation sites (tertiary alicyclic amines) is 1. The van der Waals surface area contributed by atoms with Gasteiger partial charge in [0.25, 0.3) is 0 Å². The van der Waals surface area contributed by atoms with Crippen LogP contribution in [-0.2, 0) is 6.54 Å². The molecule has 112 valence electrons. The van der Waals surface area contributed by atoms with Gasteiger partial charge in [-0.15, -0.1) is 0 Å². The molecule has 1 aromatic rings. The summed E-state index contributed by atoms with van der Waals surface area (Å²) in [5.41, 5.74) is 0. The fourth-order valence-corrected chi connectivity index (χ4v) is 3.41. The van der Waals surface area contributed by atoms with E-state index in [1.165, 1.54) is 44.7 Å². The highest BCUT2D eigenvalue weighted by molar-refractivity contribution is 5.17. The molecule has 20 heavy (non-hydrogen) atoms. The van der Waals surface area contributed by atoms with Crippen LogP contribution in [-0.4, -0.2) is 31.1 Å². The predicted octanol–water partition coefficient (Wildman–Crippen LogP) is 3.22. The first-order chi connectivity index (χ1) is 9.76. The van der Waals surface area contributed by atoms with Crippen molar-refractivity contribution in [3.8, 4) is 0 Å². The molecule has 2 fully saturated rings. The van der Waals surface area contributed by atoms with E-state index in [1.54, 1.807) is 0 Å². The Kier molecular flexibility index (Phi) is 4.47. The molecule has 1 aromatic heterocycles. The molecule has 2 aliphatic rings. The van der Waals surface area contributed by atoms with Crippen molar-refractivity contribution in [2.75, 3.05) is 26.2 Å². The second-order valence-corrected chi connectivity index (χ2v) is 6.71. The summed E-state index contributed by atoms with van der Waals surface area (Å²) in [5.74, 6) is 4.64. The van der Waals surface area contributed by atoms with E-state index in [-0.39, 0.29) is 0 Å². The van der Waals surface area contributed by atoms with Crippen molar-refractivity contribution in [3.63, 3.8) is 0 Å². The van der Waals surface area contributed by atoms with Crippen LogP contribution >= 0.6 is 0 Å². The lowest BCUT2D eigenvalue weighted by atomic mass is 10.1. The molecule has 1 saturated carbocycles. The van der Waals surface area contributed by atoms with Gasteiger partial charge in [0.1, 0.15) is 11.5 Å². The van der Waals surface area contributed by atoms with Gasteiger partial charge < -0.3 is 14.6 Å². The summed E-state index contributed by atoms with van der Waals surface area (Å²) >= 11 is 0. The van der Waals surface area contributed by atoms with Crippen LogP contribution in [0.15, 0.2) is 16.5 Å². The van der Waals surface area contributed by atoms with Gasteiger partial charge in [-0.3, -0.25) is 0 Å². The Morgan fingerprint density at radius 3 is 3.00 bits per heavy atom. The first-order valence-electron chi connectivity index (χ1n) is 8.28. The van der Waals surface area contributed by atoms with Gasteiger partial charge in [-0.2, -0.15) is 0 Å². The minimum Gasteiger partial charge on any atom is -0.464 e. The molecule has 1 aliphatic heterocycles. The topological polar surface area (TPSA) is 28.4 Å². The van der Waals surface area contributed by atoms with Gasteiger partial charge in [-0.05, 0) is 62.9 Å². The van der Waals surface area contributed by atoms with E-state index in [0.29, 0.717) is 5.92 Å². The Morgan fingerprint density at radius 1 is 1.40 bits per heavy atom. The number of rotatable bonds is 7. The molecule has 0 radical (unpaired) electrons. The van der Waals surface area contributed by atoms with E-state index in [1.807, 2.05) is 0 Å². The fourth-order valence-electron chi connectivity index (χ4n) is 3.41. The molecule has 0 amide bonds. The lowest BCUT2D eigenvalue weighted by Gasteiger charge is -2.14. The smallest absolute Gasteiger partial charge is 0.117 e. The minimum atomic E-state index is 0.696. The zero-order valence-electron chi connectivity index (χ0n) is 12.9. The largest absolute Gasteiger partial charge is 0.464 e. The SMILES string of the molecule is CCCN1CCC(CNCc2ccc(C3CC3C)o2)C1. The van der Waals surface area contributed by atoms with Gasteiger partial charge in [0.15, 0.2) is 0 Å². The molecule has 0 bridgehead atoms. The maximum absolute atomic E-state index is 5.93. The molecular formula is C17H28N2O. The van der Waals surface area contributed by atoms with Crippen LogP contribution in [0.2, 0.25) is 0 Å². The molecule has 1 aliphatic carbocycles. The highest BCUT2D eigenvalue weighted by Crippen LogP contribution is 2.47. The molecule has 0 aromatic carbocycles. The Labute approximate surface area is 122 Å². The van der Waals surface area contributed by atoms with Crippen LogP contribution < -0.4 is 5.32 Å². The third-order valence-corrected chi connectivity index (χ3v) is 4.80. The first kappa shape index (κ1) is 14.2. The Morgan fingerprint density at radius 2 is 2.25 bits per heavy atom. The summed E-state index contributed by atoms with van der Waals surface area (Å²) in [4.78, 5) is 2.59. The van der Waals surface area contributed by atoms with Crippen molar-refractivity contribution in [2.24, 2.45) is 11.8 Å². The van der Waals surface area contributed by atoms with Crippen molar-refractivity contribution < 1.29 is 4.42 Å². The molecule has 1 N–H and O–H groups in total. The Balaban J connectivity index is 1.36. The summed E-state index contributed by atoms with van der Waals surface area (Å²) in [6.07, 6.45) is 3.92. The summed E-state index contributed by atoms with van der Waals surface area (Å²) < 4.78 is 5.93. The summed E-state index contributed by atoms with van der Waals surface area (Å²) in [7, 11) is 0. The predicted molar refractivity (Wildman–Crippen MR) is 81.8 cm³/mol. The van der Waals surface area contributed by atoms with Crippen molar-refractivity contribution in [2.45, 2.75) is 45.6 Å². The average Bonchev–Trinajstić information content (AvgIpc) is 2.85. The van der Waals surface area contributed by atoms with Crippen LogP contribution in [0.4, 0.5) is 0 Å². The van der Waals surface area contributed by atoms with Crippen LogP contribution in [0, 0.1) is 11.8 Å². The molecule has 3 nitrogen and oxygen atoms in total. The summed E-state index contributed by atoms with van der Waals surface area (Å²) in [6.45, 7) is 10.4. The average molecular weight is 276 g/mol. The van der Waals surface area contributed by atoms with Gasteiger partial charge in [-0.25, -0.2) is 0 Å². The van der Waals surface area contributed by atoms with Crippen molar-refractivity contribution in [1.29, 1.82) is 0 Å². The van der Waals surface area contributed by atoms with Gasteiger partial charge in [-0.1, -0.05) is 13.8 Å². The molecule has 2 heterocycles. The molecule has 3 rings (SSSR count). The Hall–Kier alpha value is -0.800. The number of nitrogens with zero attached hydrogens (tertiary/aromatic N) is 1. The third-order valence-electron chi connectivity index (χ3n) is 4.80. The number of hydrogen-bond acceptors (Lipinski definition) is 3. The monoisotopic (exact) mass is 276 g/mol. The highest BCUT2D eigenvalue weighted by atomic mass is 16.3. The lowest BCUT2D eigenvalue weighted by molar-refractivity contribution is 0.321. The summed E-state index contributed by atoms with van der Waals surface area (Å²) in [6, 6.07) is 4.31. The quantitative estimate of drug-likeness (QED) is 0.829. The second-order valence-electron chi connectivity index (χ2n) is 6.71. The second kappa shape index (κ2) is 6.31. The lowest BCUT2D eigenvalue weighted by Crippen LogP contribution is -2.26. The number of furan rings is 1. The summed E-state index contributed by atoms with van der Waals surface area (Å²) in [5, 5.41) is 3.57. The Bertz CT molecular complexity index is 428. The van der Waals surface area contributed by atoms with Crippen molar-refractivity contribution in [3.05, 3.63) is 23.7 Å². The maximum atomic E-state index is 5.93. The zero-order valence-corrected chi connectivity index (χ0v) is 12.9. The van der Waals surface area contributed by atoms with E-state index in [0.717, 1.165) is 30.7 Å². The fraction of sp³-hybridized carbons (Fsp3) is 0.765. The van der Waals surface area contributed by atoms with Crippen LogP contribution in [0.3, 0.4) is 0 Å². The third kappa shape index (κ3) is 3.44. The van der Waals surface area contributed by atoms with Gasteiger partial charge in [0, 0.05) is 12.5 Å². The molecule has 0 spiro atoms. The van der Waals surface area contributed by atoms with Crippen LogP contribution in [0.1, 0.15) is 50.5 Å². The van der Waals surface area contributed by atoms with E-state index in [9.17, 15) is 0 Å². The number of hydrogen-bond donors (Lipinski definition) is 1. The van der Waals surface area contributed by atoms with Crippen LogP contribution in [0.5, 0.6) is 0 Å². The minimum absolute atomic E-state index is 0.696. The van der Waals surface area contributed by atoms with Gasteiger partial charge in [0.2, 0.25) is 0 Å². The van der Waals surface area contributed by atoms with E-state index < -0.39 is 0 Å². The first-order valence-corrected chi connectivity index (χ1v) is 8.28. The molecule has 3 heteroatoms. The zero-order chi connectivity index (χ0) is 13.9. The molecule has 3 atom stereocenters. The van der Waals surface area contributed by atoms with Crippen LogP contribution in [0.25, 0.3) is 0 Å².